The van der Waals surface area contributed by atoms with Gasteiger partial charge in [-0.3, -0.25) is 9.59 Å². The van der Waals surface area contributed by atoms with Crippen molar-refractivity contribution < 1.29 is 14.0 Å². The minimum Gasteiger partial charge on any atom is -0.453 e. The predicted octanol–water partition coefficient (Wildman–Crippen LogP) is 4.52. The highest BCUT2D eigenvalue weighted by Gasteiger charge is 2.12. The summed E-state index contributed by atoms with van der Waals surface area (Å²) < 4.78 is 5.65. The van der Waals surface area contributed by atoms with Crippen molar-refractivity contribution in [2.75, 3.05) is 0 Å². The summed E-state index contributed by atoms with van der Waals surface area (Å²) in [6.07, 6.45) is 1.79. The van der Waals surface area contributed by atoms with E-state index >= 15 is 0 Å². The van der Waals surface area contributed by atoms with Gasteiger partial charge in [0.05, 0.1) is 6.04 Å². The smallest absolute Gasteiger partial charge is 0.220 e. The minimum absolute atomic E-state index is 0.0326. The van der Waals surface area contributed by atoms with Crippen LogP contribution in [0.15, 0.2) is 40.8 Å². The van der Waals surface area contributed by atoms with Crippen LogP contribution in [0, 0.1) is 0 Å². The summed E-state index contributed by atoms with van der Waals surface area (Å²) >= 11 is 0. The highest BCUT2D eigenvalue weighted by molar-refractivity contribution is 5.93. The zero-order chi connectivity index (χ0) is 16.8. The van der Waals surface area contributed by atoms with Crippen LogP contribution in [0.25, 0.3) is 11.3 Å². The van der Waals surface area contributed by atoms with Gasteiger partial charge in [0.15, 0.2) is 11.5 Å². The van der Waals surface area contributed by atoms with Crippen molar-refractivity contribution in [3.05, 3.63) is 47.7 Å². The number of hydrogen-bond acceptors (Lipinski definition) is 3. The molecule has 0 aliphatic carbocycles. The van der Waals surface area contributed by atoms with Crippen LogP contribution in [0.5, 0.6) is 0 Å². The van der Waals surface area contributed by atoms with Crippen molar-refractivity contribution in [1.82, 2.24) is 5.32 Å². The van der Waals surface area contributed by atoms with Gasteiger partial charge in [0.2, 0.25) is 5.91 Å². The summed E-state index contributed by atoms with van der Waals surface area (Å²) in [6, 6.07) is 11.3. The average molecular weight is 313 g/mol. The number of rotatable bonds is 7. The molecule has 0 radical (unpaired) electrons. The van der Waals surface area contributed by atoms with Crippen LogP contribution >= 0.6 is 0 Å². The van der Waals surface area contributed by atoms with Crippen molar-refractivity contribution >= 4 is 11.7 Å². The van der Waals surface area contributed by atoms with Crippen LogP contribution in [-0.4, -0.2) is 11.7 Å². The molecular weight excluding hydrogens is 290 g/mol. The Morgan fingerprint density at radius 1 is 1.09 bits per heavy atom. The molecule has 1 aromatic heterocycles. The first-order valence-corrected chi connectivity index (χ1v) is 8.07. The standard InChI is InChI=1S/C19H23NO3/c1-4-6-16(21)18-12-11-17(23-18)15-9-7-14(8-10-15)13(3)20-19(22)5-2/h7-13H,4-6H2,1-3H3,(H,20,22). The normalized spacial score (nSPS) is 12.0. The first-order valence-electron chi connectivity index (χ1n) is 8.07. The third kappa shape index (κ3) is 4.31. The SMILES string of the molecule is CCCC(=O)c1ccc(-c2ccc(C(C)NC(=O)CC)cc2)o1. The van der Waals surface area contributed by atoms with E-state index in [1.165, 1.54) is 0 Å². The Labute approximate surface area is 136 Å². The van der Waals surface area contributed by atoms with Crippen LogP contribution in [0.1, 0.15) is 62.2 Å². The summed E-state index contributed by atoms with van der Waals surface area (Å²) in [5, 5.41) is 2.93. The summed E-state index contributed by atoms with van der Waals surface area (Å²) in [4.78, 5) is 23.3. The zero-order valence-electron chi connectivity index (χ0n) is 13.9. The Balaban J connectivity index is 2.10. The number of hydrogen-bond donors (Lipinski definition) is 1. The Morgan fingerprint density at radius 2 is 1.78 bits per heavy atom. The fourth-order valence-corrected chi connectivity index (χ4v) is 2.36. The lowest BCUT2D eigenvalue weighted by molar-refractivity contribution is -0.121. The van der Waals surface area contributed by atoms with E-state index in [2.05, 4.69) is 5.32 Å². The van der Waals surface area contributed by atoms with Gasteiger partial charge in [-0.15, -0.1) is 0 Å². The average Bonchev–Trinajstić information content (AvgIpc) is 3.05. The molecular formula is C19H23NO3. The molecule has 0 aliphatic heterocycles. The van der Waals surface area contributed by atoms with Gasteiger partial charge >= 0.3 is 0 Å². The van der Waals surface area contributed by atoms with Gasteiger partial charge in [0.1, 0.15) is 5.76 Å². The molecule has 1 amide bonds. The second-order valence-corrected chi connectivity index (χ2v) is 5.60. The van der Waals surface area contributed by atoms with Gasteiger partial charge in [-0.2, -0.15) is 0 Å². The molecule has 0 saturated heterocycles. The lowest BCUT2D eigenvalue weighted by atomic mass is 10.0. The third-order valence-corrected chi connectivity index (χ3v) is 3.75. The highest BCUT2D eigenvalue weighted by Crippen LogP contribution is 2.25. The second-order valence-electron chi connectivity index (χ2n) is 5.60. The van der Waals surface area contributed by atoms with E-state index in [0.29, 0.717) is 24.4 Å². The van der Waals surface area contributed by atoms with Crippen molar-refractivity contribution in [2.45, 2.75) is 46.1 Å². The van der Waals surface area contributed by atoms with Crippen LogP contribution in [0.4, 0.5) is 0 Å². The van der Waals surface area contributed by atoms with Crippen LogP contribution < -0.4 is 5.32 Å². The molecule has 1 aromatic carbocycles. The number of benzene rings is 1. The molecule has 23 heavy (non-hydrogen) atoms. The van der Waals surface area contributed by atoms with E-state index in [4.69, 9.17) is 4.42 Å². The first-order chi connectivity index (χ1) is 11.0. The number of ketones is 1. The van der Waals surface area contributed by atoms with Crippen molar-refractivity contribution in [3.8, 4) is 11.3 Å². The van der Waals surface area contributed by atoms with E-state index in [-0.39, 0.29) is 17.7 Å². The summed E-state index contributed by atoms with van der Waals surface area (Å²) in [6.45, 7) is 5.76. The molecule has 4 nitrogen and oxygen atoms in total. The number of nitrogens with one attached hydrogen (secondary N) is 1. The number of Topliss-reactive ketones (excluding diaryl/α,β-unsaturated/α-hetero) is 1. The lowest BCUT2D eigenvalue weighted by Gasteiger charge is -2.14. The molecule has 0 aliphatic rings. The summed E-state index contributed by atoms with van der Waals surface area (Å²) in [7, 11) is 0. The van der Waals surface area contributed by atoms with Crippen LogP contribution in [-0.2, 0) is 4.79 Å². The third-order valence-electron chi connectivity index (χ3n) is 3.75. The van der Waals surface area contributed by atoms with E-state index in [9.17, 15) is 9.59 Å². The second kappa shape index (κ2) is 7.77. The van der Waals surface area contributed by atoms with Crippen LogP contribution in [0.2, 0.25) is 0 Å². The molecule has 1 atom stereocenters. The maximum Gasteiger partial charge on any atom is 0.220 e. The molecule has 2 aromatic rings. The number of furan rings is 1. The van der Waals surface area contributed by atoms with Crippen molar-refractivity contribution in [1.29, 1.82) is 0 Å². The van der Waals surface area contributed by atoms with Gasteiger partial charge in [0, 0.05) is 18.4 Å². The van der Waals surface area contributed by atoms with E-state index in [1.807, 2.05) is 51.1 Å². The van der Waals surface area contributed by atoms with Crippen LogP contribution in [0.3, 0.4) is 0 Å². The zero-order valence-corrected chi connectivity index (χ0v) is 13.9. The maximum atomic E-state index is 11.8. The van der Waals surface area contributed by atoms with Gasteiger partial charge in [-0.1, -0.05) is 38.1 Å². The maximum absolute atomic E-state index is 11.8. The monoisotopic (exact) mass is 313 g/mol. The van der Waals surface area contributed by atoms with Gasteiger partial charge < -0.3 is 9.73 Å². The van der Waals surface area contributed by atoms with E-state index in [1.54, 1.807) is 6.07 Å². The Kier molecular flexibility index (Phi) is 5.74. The number of carbonyl (C=O) groups excluding carboxylic acids is 2. The Hall–Kier alpha value is -2.36. The Morgan fingerprint density at radius 3 is 2.39 bits per heavy atom. The van der Waals surface area contributed by atoms with Gasteiger partial charge in [0.25, 0.3) is 0 Å². The van der Waals surface area contributed by atoms with Gasteiger partial charge in [-0.25, -0.2) is 0 Å². The molecule has 0 spiro atoms. The molecule has 122 valence electrons. The highest BCUT2D eigenvalue weighted by atomic mass is 16.3. The lowest BCUT2D eigenvalue weighted by Crippen LogP contribution is -2.25. The van der Waals surface area contributed by atoms with Crippen molar-refractivity contribution in [2.24, 2.45) is 0 Å². The fourth-order valence-electron chi connectivity index (χ4n) is 2.36. The molecule has 1 unspecified atom stereocenters. The summed E-state index contributed by atoms with van der Waals surface area (Å²) in [5.74, 6) is 1.16. The molecule has 4 heteroatoms. The fraction of sp³-hybridized carbons (Fsp3) is 0.368. The quantitative estimate of drug-likeness (QED) is 0.765. The van der Waals surface area contributed by atoms with E-state index < -0.39 is 0 Å². The molecule has 0 bridgehead atoms. The Bertz CT molecular complexity index is 670. The summed E-state index contributed by atoms with van der Waals surface area (Å²) in [5.41, 5.74) is 1.95. The van der Waals surface area contributed by atoms with E-state index in [0.717, 1.165) is 17.5 Å². The minimum atomic E-state index is -0.0326. The molecule has 1 N–H and O–H groups in total. The largest absolute Gasteiger partial charge is 0.453 e. The first kappa shape index (κ1) is 17.0. The predicted molar refractivity (Wildman–Crippen MR) is 90.2 cm³/mol. The molecule has 1 heterocycles. The molecule has 2 rings (SSSR count). The van der Waals surface area contributed by atoms with Crippen molar-refractivity contribution in [3.63, 3.8) is 0 Å². The topological polar surface area (TPSA) is 59.3 Å². The van der Waals surface area contributed by atoms with Gasteiger partial charge in [-0.05, 0) is 31.0 Å². The molecule has 0 fully saturated rings. The number of carbonyl (C=O) groups is 2. The number of amides is 1. The molecule has 0 saturated carbocycles.